The fourth-order valence-electron chi connectivity index (χ4n) is 2.34. The Morgan fingerprint density at radius 3 is 2.76 bits per heavy atom. The van der Waals surface area contributed by atoms with Crippen LogP contribution >= 0.6 is 15.9 Å². The third-order valence-corrected chi connectivity index (χ3v) is 4.12. The van der Waals surface area contributed by atoms with Gasteiger partial charge in [-0.2, -0.15) is 0 Å². The van der Waals surface area contributed by atoms with Gasteiger partial charge in [-0.15, -0.1) is 0 Å². The lowest BCUT2D eigenvalue weighted by Gasteiger charge is -2.21. The Morgan fingerprint density at radius 2 is 2.00 bits per heavy atom. The average molecular weight is 301 g/mol. The minimum absolute atomic E-state index is 0.204. The molecular weight excluding hydrogens is 283 g/mol. The van der Waals surface area contributed by atoms with Crippen LogP contribution in [0.15, 0.2) is 22.7 Å². The number of hydrogen-bond acceptors (Lipinski definition) is 1. The Morgan fingerprint density at radius 1 is 1.24 bits per heavy atom. The maximum absolute atomic E-state index is 13.1. The van der Waals surface area contributed by atoms with E-state index in [-0.39, 0.29) is 5.82 Å². The van der Waals surface area contributed by atoms with Gasteiger partial charge in [0.15, 0.2) is 0 Å². The molecule has 0 unspecified atom stereocenters. The van der Waals surface area contributed by atoms with E-state index < -0.39 is 0 Å². The molecule has 1 saturated carbocycles. The second kappa shape index (κ2) is 6.50. The molecule has 0 N–H and O–H groups in total. The van der Waals surface area contributed by atoms with Crippen molar-refractivity contribution >= 4 is 15.9 Å². The summed E-state index contributed by atoms with van der Waals surface area (Å²) in [6.07, 6.45) is 6.59. The molecule has 0 spiro atoms. The quantitative estimate of drug-likeness (QED) is 0.784. The van der Waals surface area contributed by atoms with Crippen molar-refractivity contribution in [3.8, 4) is 0 Å². The number of benzene rings is 1. The predicted molar refractivity (Wildman–Crippen MR) is 70.3 cm³/mol. The van der Waals surface area contributed by atoms with Crippen LogP contribution in [0, 0.1) is 11.7 Å². The molecule has 1 aliphatic carbocycles. The van der Waals surface area contributed by atoms with Gasteiger partial charge in [0.05, 0.1) is 6.61 Å². The summed E-state index contributed by atoms with van der Waals surface area (Å²) in [5.74, 6) is 0.501. The number of rotatable bonds is 4. The number of halogens is 2. The highest BCUT2D eigenvalue weighted by molar-refractivity contribution is 9.10. The first-order valence-corrected chi connectivity index (χ1v) is 7.06. The molecule has 0 aliphatic heterocycles. The summed E-state index contributed by atoms with van der Waals surface area (Å²) in [4.78, 5) is 0. The van der Waals surface area contributed by atoms with Crippen LogP contribution in [0.3, 0.4) is 0 Å². The largest absolute Gasteiger partial charge is 0.376 e. The maximum Gasteiger partial charge on any atom is 0.123 e. The summed E-state index contributed by atoms with van der Waals surface area (Å²) in [6.45, 7) is 1.30. The van der Waals surface area contributed by atoms with Crippen molar-refractivity contribution in [3.05, 3.63) is 34.1 Å². The molecule has 1 aromatic carbocycles. The van der Waals surface area contributed by atoms with E-state index in [1.165, 1.54) is 44.2 Å². The zero-order valence-electron chi connectivity index (χ0n) is 9.92. The van der Waals surface area contributed by atoms with Gasteiger partial charge in [-0.1, -0.05) is 35.2 Å². The summed E-state index contributed by atoms with van der Waals surface area (Å²) in [5.41, 5.74) is 0.890. The zero-order valence-corrected chi connectivity index (χ0v) is 11.5. The molecule has 0 aromatic heterocycles. The third kappa shape index (κ3) is 4.07. The maximum atomic E-state index is 13.1. The van der Waals surface area contributed by atoms with Gasteiger partial charge in [0.2, 0.25) is 0 Å². The van der Waals surface area contributed by atoms with E-state index in [9.17, 15) is 4.39 Å². The molecule has 1 nitrogen and oxygen atoms in total. The molecule has 0 saturated heterocycles. The van der Waals surface area contributed by atoms with Crippen LogP contribution in [0.5, 0.6) is 0 Å². The molecule has 3 heteroatoms. The van der Waals surface area contributed by atoms with E-state index >= 15 is 0 Å². The van der Waals surface area contributed by atoms with Gasteiger partial charge in [-0.25, -0.2) is 4.39 Å². The van der Waals surface area contributed by atoms with E-state index in [2.05, 4.69) is 15.9 Å². The Balaban J connectivity index is 1.79. The first-order valence-electron chi connectivity index (χ1n) is 6.27. The first kappa shape index (κ1) is 13.0. The van der Waals surface area contributed by atoms with Crippen molar-refractivity contribution in [1.29, 1.82) is 0 Å². The molecule has 1 aliphatic rings. The molecule has 0 radical (unpaired) electrons. The molecule has 1 aromatic rings. The fraction of sp³-hybridized carbons (Fsp3) is 0.571. The van der Waals surface area contributed by atoms with Crippen LogP contribution in [-0.2, 0) is 11.3 Å². The fourth-order valence-corrected chi connectivity index (χ4v) is 2.70. The summed E-state index contributed by atoms with van der Waals surface area (Å²) >= 11 is 3.41. The molecule has 0 heterocycles. The van der Waals surface area contributed by atoms with Crippen molar-refractivity contribution in [2.45, 2.75) is 38.7 Å². The first-order chi connectivity index (χ1) is 8.25. The number of ether oxygens (including phenoxy) is 1. The molecule has 94 valence electrons. The molecule has 2 rings (SSSR count). The molecule has 0 atom stereocenters. The normalized spacial score (nSPS) is 17.3. The van der Waals surface area contributed by atoms with Crippen molar-refractivity contribution < 1.29 is 9.13 Å². The van der Waals surface area contributed by atoms with E-state index in [0.717, 1.165) is 16.6 Å². The lowest BCUT2D eigenvalue weighted by atomic mass is 9.90. The summed E-state index contributed by atoms with van der Waals surface area (Å²) in [7, 11) is 0. The highest BCUT2D eigenvalue weighted by Gasteiger charge is 2.13. The summed E-state index contributed by atoms with van der Waals surface area (Å²) in [5, 5.41) is 0. The lowest BCUT2D eigenvalue weighted by Crippen LogP contribution is -2.13. The van der Waals surface area contributed by atoms with Crippen LogP contribution in [0.4, 0.5) is 4.39 Å². The second-order valence-electron chi connectivity index (χ2n) is 4.75. The monoisotopic (exact) mass is 300 g/mol. The predicted octanol–water partition coefficient (Wildman–Crippen LogP) is 4.69. The Hall–Kier alpha value is -0.410. The van der Waals surface area contributed by atoms with E-state index in [4.69, 9.17) is 4.74 Å². The summed E-state index contributed by atoms with van der Waals surface area (Å²) < 4.78 is 19.7. The van der Waals surface area contributed by atoms with Crippen molar-refractivity contribution in [2.24, 2.45) is 5.92 Å². The van der Waals surface area contributed by atoms with Crippen molar-refractivity contribution in [2.75, 3.05) is 6.61 Å². The lowest BCUT2D eigenvalue weighted by molar-refractivity contribution is 0.0735. The minimum atomic E-state index is -0.204. The van der Waals surface area contributed by atoms with Crippen LogP contribution in [-0.4, -0.2) is 6.61 Å². The molecule has 17 heavy (non-hydrogen) atoms. The summed E-state index contributed by atoms with van der Waals surface area (Å²) in [6, 6.07) is 4.72. The average Bonchev–Trinajstić information content (AvgIpc) is 2.35. The highest BCUT2D eigenvalue weighted by atomic mass is 79.9. The standard InChI is InChI=1S/C14H18BrFO/c15-14-7-6-13(16)8-12(14)10-17-9-11-4-2-1-3-5-11/h6-8,11H,1-5,9-10H2. The van der Waals surface area contributed by atoms with Gasteiger partial charge in [-0.3, -0.25) is 0 Å². The van der Waals surface area contributed by atoms with Gasteiger partial charge in [-0.05, 0) is 42.5 Å². The molecule has 0 amide bonds. The van der Waals surface area contributed by atoms with E-state index in [1.54, 1.807) is 6.07 Å². The second-order valence-corrected chi connectivity index (χ2v) is 5.61. The van der Waals surface area contributed by atoms with Crippen molar-refractivity contribution in [3.63, 3.8) is 0 Å². The van der Waals surface area contributed by atoms with Crippen LogP contribution in [0.2, 0.25) is 0 Å². The van der Waals surface area contributed by atoms with Gasteiger partial charge in [0, 0.05) is 11.1 Å². The van der Waals surface area contributed by atoms with E-state index in [0.29, 0.717) is 12.5 Å². The molecular formula is C14H18BrFO. The van der Waals surface area contributed by atoms with Gasteiger partial charge in [0.25, 0.3) is 0 Å². The van der Waals surface area contributed by atoms with Crippen molar-refractivity contribution in [1.82, 2.24) is 0 Å². The van der Waals surface area contributed by atoms with Crippen LogP contribution in [0.1, 0.15) is 37.7 Å². The van der Waals surface area contributed by atoms with Crippen LogP contribution < -0.4 is 0 Å². The number of hydrogen-bond donors (Lipinski definition) is 0. The van der Waals surface area contributed by atoms with Crippen LogP contribution in [0.25, 0.3) is 0 Å². The zero-order chi connectivity index (χ0) is 12.1. The van der Waals surface area contributed by atoms with Gasteiger partial charge >= 0.3 is 0 Å². The molecule has 1 fully saturated rings. The van der Waals surface area contributed by atoms with Gasteiger partial charge < -0.3 is 4.74 Å². The Bertz CT molecular complexity index is 361. The topological polar surface area (TPSA) is 9.23 Å². The minimum Gasteiger partial charge on any atom is -0.376 e. The highest BCUT2D eigenvalue weighted by Crippen LogP contribution is 2.24. The molecule has 0 bridgehead atoms. The SMILES string of the molecule is Fc1ccc(Br)c(COCC2CCCCC2)c1. The Labute approximate surface area is 110 Å². The Kier molecular flexibility index (Phi) is 4.99. The third-order valence-electron chi connectivity index (χ3n) is 3.34. The van der Waals surface area contributed by atoms with Gasteiger partial charge in [0.1, 0.15) is 5.82 Å². The smallest absolute Gasteiger partial charge is 0.123 e. The van der Waals surface area contributed by atoms with E-state index in [1.807, 2.05) is 0 Å².